The molecule has 0 spiro atoms. The number of hydrogen-bond donors (Lipinski definition) is 0. The van der Waals surface area contributed by atoms with Crippen molar-refractivity contribution >= 4 is 28.4 Å². The minimum atomic E-state index is 0.00872. The molecule has 0 fully saturated rings. The van der Waals surface area contributed by atoms with Crippen LogP contribution in [0.5, 0.6) is 0 Å². The van der Waals surface area contributed by atoms with Crippen molar-refractivity contribution in [2.75, 3.05) is 4.90 Å². The summed E-state index contributed by atoms with van der Waals surface area (Å²) in [5.74, 6) is 2.65. The quantitative estimate of drug-likeness (QED) is 0.186. The Bertz CT molecular complexity index is 2490. The lowest BCUT2D eigenvalue weighted by Gasteiger charge is -2.30. The van der Waals surface area contributed by atoms with Crippen molar-refractivity contribution in [1.82, 2.24) is 19.9 Å². The molecule has 1 aliphatic heterocycles. The number of anilines is 2. The molecule has 6 heteroatoms. The van der Waals surface area contributed by atoms with E-state index in [4.69, 9.17) is 24.4 Å². The topological polar surface area (TPSA) is 67.9 Å². The minimum Gasteiger partial charge on any atom is -0.456 e. The second kappa shape index (κ2) is 11.5. The van der Waals surface area contributed by atoms with Crippen LogP contribution in [0, 0.1) is 0 Å². The first-order chi connectivity index (χ1) is 24.8. The molecular weight excluding hydrogens is 615 g/mol. The molecule has 8 aromatic rings. The van der Waals surface area contributed by atoms with Crippen LogP contribution in [0.1, 0.15) is 22.8 Å². The van der Waals surface area contributed by atoms with Crippen LogP contribution in [0.15, 0.2) is 162 Å². The Labute approximate surface area is 289 Å². The SMILES string of the molecule is C1=CC2C(c3ccccc3N2c2ccccc2)c2c1oc1ccc(-c3ccccn3)c(-c3nc(-c4ccccc4)nc(-c4ccccc4)n3)c21. The fourth-order valence-electron chi connectivity index (χ4n) is 7.63. The van der Waals surface area contributed by atoms with E-state index in [1.165, 1.54) is 11.3 Å². The van der Waals surface area contributed by atoms with E-state index in [0.29, 0.717) is 17.5 Å². The zero-order valence-electron chi connectivity index (χ0n) is 26.9. The lowest BCUT2D eigenvalue weighted by Crippen LogP contribution is -2.30. The van der Waals surface area contributed by atoms with E-state index in [2.05, 4.69) is 83.8 Å². The number of rotatable bonds is 5. The summed E-state index contributed by atoms with van der Waals surface area (Å²) in [7, 11) is 0. The minimum absolute atomic E-state index is 0.00872. The van der Waals surface area contributed by atoms with Crippen LogP contribution in [0.2, 0.25) is 0 Å². The highest BCUT2D eigenvalue weighted by Gasteiger charge is 2.44. The van der Waals surface area contributed by atoms with Crippen molar-refractivity contribution in [1.29, 1.82) is 0 Å². The van der Waals surface area contributed by atoms with Crippen LogP contribution in [0.4, 0.5) is 11.4 Å². The van der Waals surface area contributed by atoms with Crippen molar-refractivity contribution in [3.8, 4) is 45.4 Å². The van der Waals surface area contributed by atoms with Crippen molar-refractivity contribution in [3.05, 3.63) is 175 Å². The number of furan rings is 1. The highest BCUT2D eigenvalue weighted by atomic mass is 16.3. The summed E-state index contributed by atoms with van der Waals surface area (Å²) in [6.07, 6.45) is 6.25. The normalized spacial score (nSPS) is 15.9. The van der Waals surface area contributed by atoms with Crippen LogP contribution in [0.25, 0.3) is 62.5 Å². The van der Waals surface area contributed by atoms with E-state index >= 15 is 0 Å². The van der Waals surface area contributed by atoms with E-state index in [0.717, 1.165) is 55.9 Å². The van der Waals surface area contributed by atoms with Gasteiger partial charge in [0, 0.05) is 56.7 Å². The zero-order valence-corrected chi connectivity index (χ0v) is 26.9. The summed E-state index contributed by atoms with van der Waals surface area (Å²) < 4.78 is 6.74. The molecule has 50 heavy (non-hydrogen) atoms. The average Bonchev–Trinajstić information content (AvgIpc) is 3.74. The van der Waals surface area contributed by atoms with Crippen LogP contribution < -0.4 is 4.90 Å². The van der Waals surface area contributed by atoms with Gasteiger partial charge in [0.2, 0.25) is 0 Å². The number of benzene rings is 5. The third-order valence-electron chi connectivity index (χ3n) is 9.75. The summed E-state index contributed by atoms with van der Waals surface area (Å²) in [5, 5.41) is 0.997. The smallest absolute Gasteiger partial charge is 0.165 e. The van der Waals surface area contributed by atoms with Crippen molar-refractivity contribution < 1.29 is 4.42 Å². The first-order valence-electron chi connectivity index (χ1n) is 16.8. The highest BCUT2D eigenvalue weighted by Crippen LogP contribution is 2.55. The number of pyridine rings is 1. The summed E-state index contributed by atoms with van der Waals surface area (Å²) in [6.45, 7) is 0. The van der Waals surface area contributed by atoms with Gasteiger partial charge < -0.3 is 9.32 Å². The molecule has 0 bridgehead atoms. The van der Waals surface area contributed by atoms with Crippen LogP contribution in [0.3, 0.4) is 0 Å². The maximum absolute atomic E-state index is 6.74. The Hall–Kier alpha value is -6.66. The molecule has 4 heterocycles. The third-order valence-corrected chi connectivity index (χ3v) is 9.75. The van der Waals surface area contributed by atoms with Crippen molar-refractivity contribution in [2.24, 2.45) is 0 Å². The largest absolute Gasteiger partial charge is 0.456 e. The third kappa shape index (κ3) is 4.49. The Kier molecular flexibility index (Phi) is 6.52. The van der Waals surface area contributed by atoms with Gasteiger partial charge in [0.05, 0.1) is 11.7 Å². The molecule has 2 atom stereocenters. The maximum Gasteiger partial charge on any atom is 0.165 e. The first kappa shape index (κ1) is 28.4. The van der Waals surface area contributed by atoms with Crippen LogP contribution in [-0.2, 0) is 0 Å². The van der Waals surface area contributed by atoms with Gasteiger partial charge in [-0.2, -0.15) is 0 Å². The number of para-hydroxylation sites is 2. The van der Waals surface area contributed by atoms with Gasteiger partial charge in [0.1, 0.15) is 11.3 Å². The Morgan fingerprint density at radius 2 is 1.22 bits per heavy atom. The Morgan fingerprint density at radius 1 is 0.580 bits per heavy atom. The van der Waals surface area contributed by atoms with E-state index in [-0.39, 0.29) is 12.0 Å². The monoisotopic (exact) mass is 643 g/mol. The second-order valence-corrected chi connectivity index (χ2v) is 12.6. The van der Waals surface area contributed by atoms with Crippen molar-refractivity contribution in [3.63, 3.8) is 0 Å². The van der Waals surface area contributed by atoms with Gasteiger partial charge in [-0.1, -0.05) is 109 Å². The molecule has 2 aliphatic rings. The lowest BCUT2D eigenvalue weighted by atomic mass is 9.81. The Balaban J connectivity index is 1.29. The van der Waals surface area contributed by atoms with Gasteiger partial charge >= 0.3 is 0 Å². The molecule has 1 aliphatic carbocycles. The van der Waals surface area contributed by atoms with Gasteiger partial charge in [-0.15, -0.1) is 0 Å². The molecule has 6 nitrogen and oxygen atoms in total. The predicted octanol–water partition coefficient (Wildman–Crippen LogP) is 10.4. The summed E-state index contributed by atoms with van der Waals surface area (Å²) >= 11 is 0. The summed E-state index contributed by atoms with van der Waals surface area (Å²) in [6, 6.07) is 49.8. The average molecular weight is 644 g/mol. The van der Waals surface area contributed by atoms with Gasteiger partial charge in [-0.25, -0.2) is 15.0 Å². The number of fused-ring (bicyclic) bond motifs is 7. The zero-order chi connectivity index (χ0) is 33.0. The molecule has 5 aromatic carbocycles. The number of hydrogen-bond acceptors (Lipinski definition) is 6. The first-order valence-corrected chi connectivity index (χ1v) is 16.8. The van der Waals surface area contributed by atoms with Crippen LogP contribution in [-0.4, -0.2) is 26.0 Å². The van der Waals surface area contributed by atoms with Gasteiger partial charge in [-0.05, 0) is 54.1 Å². The molecule has 2 unspecified atom stereocenters. The Morgan fingerprint density at radius 3 is 1.92 bits per heavy atom. The van der Waals surface area contributed by atoms with E-state index in [1.54, 1.807) is 0 Å². The molecule has 10 rings (SSSR count). The summed E-state index contributed by atoms with van der Waals surface area (Å²) in [4.78, 5) is 22.8. The maximum atomic E-state index is 6.74. The van der Waals surface area contributed by atoms with E-state index in [9.17, 15) is 0 Å². The summed E-state index contributed by atoms with van der Waals surface area (Å²) in [5.41, 5.74) is 10.0. The molecule has 0 N–H and O–H groups in total. The van der Waals surface area contributed by atoms with E-state index in [1.807, 2.05) is 85.1 Å². The van der Waals surface area contributed by atoms with Gasteiger partial charge in [0.25, 0.3) is 0 Å². The van der Waals surface area contributed by atoms with E-state index < -0.39 is 0 Å². The van der Waals surface area contributed by atoms with Crippen LogP contribution >= 0.6 is 0 Å². The van der Waals surface area contributed by atoms with Gasteiger partial charge in [0.15, 0.2) is 17.5 Å². The predicted molar refractivity (Wildman–Crippen MR) is 199 cm³/mol. The number of nitrogens with zero attached hydrogens (tertiary/aromatic N) is 5. The molecule has 0 radical (unpaired) electrons. The molecule has 0 saturated heterocycles. The standard InChI is InChI=1S/C44H29N5O/c1-4-14-28(15-5-1)42-46-43(29-16-6-2-7-17-29)48-44(47-42)39-31(33-21-12-13-27-45-33)23-25-36-41(39)40-37(50-36)26-24-35-38(40)32-20-10-11-22-34(32)49(35)30-18-8-3-9-19-30/h1-27,35,38H. The second-order valence-electron chi connectivity index (χ2n) is 12.6. The number of aromatic nitrogens is 4. The van der Waals surface area contributed by atoms with Gasteiger partial charge in [-0.3, -0.25) is 4.98 Å². The fraction of sp³-hybridized carbons (Fsp3) is 0.0455. The fourth-order valence-corrected chi connectivity index (χ4v) is 7.63. The molecule has 3 aromatic heterocycles. The molecule has 236 valence electrons. The molecule has 0 amide bonds. The van der Waals surface area contributed by atoms with Crippen molar-refractivity contribution in [2.45, 2.75) is 12.0 Å². The molecular formula is C44H29N5O. The lowest BCUT2D eigenvalue weighted by molar-refractivity contribution is 0.584. The highest BCUT2D eigenvalue weighted by molar-refractivity contribution is 6.05. The molecule has 0 saturated carbocycles.